The standard InChI is InChI=1S/C46H84N2O5/c1-3-5-7-9-11-13-14-15-16-17-18-19-21-23-25-27-38-52-45-40-43(39-44(41-45)51-37-26-24-22-20-12-10-8-6-4-2)42-53-46(50)29-28-30-47-31-33-48(34-32-47)35-36-49/h39-41,49H,3-38,42H2,1-2H3. The predicted molar refractivity (Wildman–Crippen MR) is 223 cm³/mol. The van der Waals surface area contributed by atoms with Crippen LogP contribution in [0.4, 0.5) is 0 Å². The molecule has 0 saturated carbocycles. The van der Waals surface area contributed by atoms with Crippen molar-refractivity contribution in [2.45, 2.75) is 194 Å². The van der Waals surface area contributed by atoms with E-state index in [0.29, 0.717) is 19.6 Å². The maximum absolute atomic E-state index is 12.6. The van der Waals surface area contributed by atoms with E-state index in [1.807, 2.05) is 18.2 Å². The Labute approximate surface area is 327 Å². The molecule has 1 fully saturated rings. The molecule has 2 rings (SSSR count). The number of aliphatic hydroxyl groups is 1. The fourth-order valence-electron chi connectivity index (χ4n) is 7.38. The van der Waals surface area contributed by atoms with Gasteiger partial charge in [0.05, 0.1) is 19.8 Å². The second-order valence-corrected chi connectivity index (χ2v) is 15.8. The number of esters is 1. The van der Waals surface area contributed by atoms with Gasteiger partial charge in [-0.15, -0.1) is 0 Å². The molecule has 0 aromatic heterocycles. The predicted octanol–water partition coefficient (Wildman–Crippen LogP) is 11.7. The Bertz CT molecular complexity index is 967. The second-order valence-electron chi connectivity index (χ2n) is 15.8. The minimum atomic E-state index is -0.152. The topological polar surface area (TPSA) is 71.5 Å². The van der Waals surface area contributed by atoms with Gasteiger partial charge in [0.1, 0.15) is 18.1 Å². The molecule has 308 valence electrons. The Kier molecular flexibility index (Phi) is 30.9. The zero-order chi connectivity index (χ0) is 37.9. The first kappa shape index (κ1) is 47.3. The van der Waals surface area contributed by atoms with Crippen LogP contribution in [-0.2, 0) is 16.1 Å². The third-order valence-electron chi connectivity index (χ3n) is 10.9. The van der Waals surface area contributed by atoms with Gasteiger partial charge in [0.2, 0.25) is 0 Å². The van der Waals surface area contributed by atoms with Gasteiger partial charge in [-0.2, -0.15) is 0 Å². The maximum Gasteiger partial charge on any atom is 0.306 e. The van der Waals surface area contributed by atoms with E-state index >= 15 is 0 Å². The van der Waals surface area contributed by atoms with E-state index in [1.165, 1.54) is 148 Å². The Morgan fingerprint density at radius 3 is 1.30 bits per heavy atom. The molecular formula is C46H84N2O5. The van der Waals surface area contributed by atoms with Crippen molar-refractivity contribution < 1.29 is 24.1 Å². The molecule has 1 aliphatic heterocycles. The van der Waals surface area contributed by atoms with Gasteiger partial charge in [0.15, 0.2) is 0 Å². The van der Waals surface area contributed by atoms with Crippen LogP contribution in [0.3, 0.4) is 0 Å². The number of carbonyl (C=O) groups is 1. The monoisotopic (exact) mass is 745 g/mol. The number of rotatable bonds is 37. The smallest absolute Gasteiger partial charge is 0.306 e. The lowest BCUT2D eigenvalue weighted by molar-refractivity contribution is -0.145. The van der Waals surface area contributed by atoms with Crippen molar-refractivity contribution >= 4 is 5.97 Å². The van der Waals surface area contributed by atoms with Crippen molar-refractivity contribution in [3.63, 3.8) is 0 Å². The van der Waals surface area contributed by atoms with Gasteiger partial charge in [-0.3, -0.25) is 9.69 Å². The van der Waals surface area contributed by atoms with Gasteiger partial charge < -0.3 is 24.2 Å². The van der Waals surface area contributed by atoms with Crippen LogP contribution in [-0.4, -0.2) is 80.0 Å². The summed E-state index contributed by atoms with van der Waals surface area (Å²) < 4.78 is 18.1. The zero-order valence-electron chi connectivity index (χ0n) is 34.9. The van der Waals surface area contributed by atoms with E-state index in [-0.39, 0.29) is 19.2 Å². The summed E-state index contributed by atoms with van der Waals surface area (Å²) in [4.78, 5) is 17.3. The number of nitrogens with zero attached hydrogens (tertiary/aromatic N) is 2. The summed E-state index contributed by atoms with van der Waals surface area (Å²) in [6, 6.07) is 6.03. The van der Waals surface area contributed by atoms with Crippen molar-refractivity contribution in [2.75, 3.05) is 59.1 Å². The summed E-state index contributed by atoms with van der Waals surface area (Å²) >= 11 is 0. The number of piperazine rings is 1. The van der Waals surface area contributed by atoms with E-state index in [4.69, 9.17) is 19.3 Å². The van der Waals surface area contributed by atoms with Crippen molar-refractivity contribution in [3.05, 3.63) is 23.8 Å². The largest absolute Gasteiger partial charge is 0.493 e. The van der Waals surface area contributed by atoms with Gasteiger partial charge in [-0.1, -0.05) is 162 Å². The number of ether oxygens (including phenoxy) is 3. The SMILES string of the molecule is CCCCCCCCCCCCCCCCCCOc1cc(COC(=O)CCCN2CCN(CCO)CC2)cc(OCCCCCCCCCCC)c1. The van der Waals surface area contributed by atoms with Gasteiger partial charge in [-0.05, 0) is 43.5 Å². The summed E-state index contributed by atoms with van der Waals surface area (Å²) in [5.41, 5.74) is 0.921. The molecule has 1 aromatic carbocycles. The quantitative estimate of drug-likeness (QED) is 0.0537. The number of carbonyl (C=O) groups excluding carboxylic acids is 1. The van der Waals surface area contributed by atoms with E-state index in [1.54, 1.807) is 0 Å². The van der Waals surface area contributed by atoms with E-state index < -0.39 is 0 Å². The van der Waals surface area contributed by atoms with Crippen LogP contribution in [0.2, 0.25) is 0 Å². The highest BCUT2D eigenvalue weighted by atomic mass is 16.5. The molecule has 0 radical (unpaired) electrons. The molecular weight excluding hydrogens is 661 g/mol. The first-order chi connectivity index (χ1) is 26.1. The summed E-state index contributed by atoms with van der Waals surface area (Å²) in [6.45, 7) is 12.0. The molecule has 1 aromatic rings. The highest BCUT2D eigenvalue weighted by Gasteiger charge is 2.16. The van der Waals surface area contributed by atoms with Gasteiger partial charge in [0, 0.05) is 45.2 Å². The van der Waals surface area contributed by atoms with Crippen molar-refractivity contribution in [2.24, 2.45) is 0 Å². The molecule has 53 heavy (non-hydrogen) atoms. The van der Waals surface area contributed by atoms with Crippen LogP contribution in [0.15, 0.2) is 18.2 Å². The maximum atomic E-state index is 12.6. The Morgan fingerprint density at radius 2 is 0.906 bits per heavy atom. The molecule has 0 spiro atoms. The molecule has 0 atom stereocenters. The normalized spacial score (nSPS) is 13.8. The molecule has 7 nitrogen and oxygen atoms in total. The third kappa shape index (κ3) is 27.4. The molecule has 0 bridgehead atoms. The van der Waals surface area contributed by atoms with Gasteiger partial charge in [-0.25, -0.2) is 0 Å². The molecule has 0 aliphatic carbocycles. The number of β-amino-alcohol motifs (C(OH)–C–C–N with tert-alkyl or cyclic N) is 1. The lowest BCUT2D eigenvalue weighted by Crippen LogP contribution is -2.47. The number of unbranched alkanes of at least 4 members (excludes halogenated alkanes) is 23. The van der Waals surface area contributed by atoms with Crippen LogP contribution >= 0.6 is 0 Å². The molecule has 1 heterocycles. The minimum Gasteiger partial charge on any atom is -0.493 e. The molecule has 0 amide bonds. The summed E-state index contributed by atoms with van der Waals surface area (Å²) in [5, 5.41) is 9.16. The first-order valence-electron chi connectivity index (χ1n) is 22.7. The molecule has 0 unspecified atom stereocenters. The summed E-state index contributed by atoms with van der Waals surface area (Å²) in [5.74, 6) is 1.46. The lowest BCUT2D eigenvalue weighted by atomic mass is 10.0. The van der Waals surface area contributed by atoms with Crippen molar-refractivity contribution in [1.82, 2.24) is 9.80 Å². The lowest BCUT2D eigenvalue weighted by Gasteiger charge is -2.34. The van der Waals surface area contributed by atoms with Gasteiger partial charge in [0.25, 0.3) is 0 Å². The molecule has 1 aliphatic rings. The van der Waals surface area contributed by atoms with Crippen molar-refractivity contribution in [1.29, 1.82) is 0 Å². The minimum absolute atomic E-state index is 0.152. The number of hydrogen-bond donors (Lipinski definition) is 1. The highest BCUT2D eigenvalue weighted by Crippen LogP contribution is 2.25. The number of benzene rings is 1. The Morgan fingerprint density at radius 1 is 0.528 bits per heavy atom. The fraction of sp³-hybridized carbons (Fsp3) is 0.848. The van der Waals surface area contributed by atoms with Crippen LogP contribution in [0.25, 0.3) is 0 Å². The molecule has 7 heteroatoms. The van der Waals surface area contributed by atoms with Crippen LogP contribution in [0, 0.1) is 0 Å². The average molecular weight is 745 g/mol. The molecule has 1 saturated heterocycles. The number of hydrogen-bond acceptors (Lipinski definition) is 7. The summed E-state index contributed by atoms with van der Waals surface area (Å²) in [7, 11) is 0. The highest BCUT2D eigenvalue weighted by molar-refractivity contribution is 5.69. The fourth-order valence-corrected chi connectivity index (χ4v) is 7.38. The first-order valence-corrected chi connectivity index (χ1v) is 22.7. The summed E-state index contributed by atoms with van der Waals surface area (Å²) in [6.07, 6.45) is 34.6. The second kappa shape index (κ2) is 34.6. The van der Waals surface area contributed by atoms with Crippen LogP contribution < -0.4 is 9.47 Å². The van der Waals surface area contributed by atoms with E-state index in [0.717, 1.165) is 75.6 Å². The average Bonchev–Trinajstić information content (AvgIpc) is 3.17. The van der Waals surface area contributed by atoms with Crippen molar-refractivity contribution in [3.8, 4) is 11.5 Å². The van der Waals surface area contributed by atoms with Gasteiger partial charge >= 0.3 is 5.97 Å². The Hall–Kier alpha value is -1.83. The van der Waals surface area contributed by atoms with Crippen LogP contribution in [0.1, 0.15) is 193 Å². The van der Waals surface area contributed by atoms with Crippen LogP contribution in [0.5, 0.6) is 11.5 Å². The Balaban J connectivity index is 1.65. The van der Waals surface area contributed by atoms with E-state index in [9.17, 15) is 4.79 Å². The zero-order valence-corrected chi connectivity index (χ0v) is 34.9. The third-order valence-corrected chi connectivity index (χ3v) is 10.9. The van der Waals surface area contributed by atoms with E-state index in [2.05, 4.69) is 23.6 Å². The number of aliphatic hydroxyl groups excluding tert-OH is 1. The molecule has 1 N–H and O–H groups in total.